The number of hydrogen-bond acceptors (Lipinski definition) is 5. The Kier molecular flexibility index (Phi) is 8.24. The van der Waals surface area contributed by atoms with Gasteiger partial charge in [0.2, 0.25) is 0 Å². The topological polar surface area (TPSA) is 100 Å². The van der Waals surface area contributed by atoms with Crippen LogP contribution in [-0.4, -0.2) is 32.1 Å². The molecule has 32 heavy (non-hydrogen) atoms. The molecular formula is C22H20F3N3O4. The zero-order chi connectivity index (χ0) is 23.7. The number of rotatable bonds is 8. The van der Waals surface area contributed by atoms with E-state index in [0.29, 0.717) is 12.1 Å². The number of benzene rings is 2. The van der Waals surface area contributed by atoms with Crippen LogP contribution in [0.3, 0.4) is 0 Å². The first-order chi connectivity index (χ1) is 15.2. The third-order valence-corrected chi connectivity index (χ3v) is 4.04. The fourth-order valence-corrected chi connectivity index (χ4v) is 2.57. The molecular weight excluding hydrogens is 427 g/mol. The van der Waals surface area contributed by atoms with Gasteiger partial charge < -0.3 is 20.1 Å². The van der Waals surface area contributed by atoms with Gasteiger partial charge in [0.05, 0.1) is 12.7 Å². The summed E-state index contributed by atoms with van der Waals surface area (Å²) in [4.78, 5) is 23.9. The molecule has 0 aliphatic rings. The minimum absolute atomic E-state index is 0.0994. The molecule has 10 heteroatoms. The normalized spacial score (nSPS) is 11.3. The first-order valence-electron chi connectivity index (χ1n) is 9.35. The molecule has 0 saturated heterocycles. The average Bonchev–Trinajstić information content (AvgIpc) is 2.76. The van der Waals surface area contributed by atoms with Gasteiger partial charge in [-0.25, -0.2) is 0 Å². The van der Waals surface area contributed by atoms with Gasteiger partial charge in [0.15, 0.2) is 18.1 Å². The second-order valence-corrected chi connectivity index (χ2v) is 6.35. The maximum atomic E-state index is 12.8. The van der Waals surface area contributed by atoms with Crippen molar-refractivity contribution in [2.45, 2.75) is 13.1 Å². The second kappa shape index (κ2) is 10.9. The molecule has 7 nitrogen and oxygen atoms in total. The SMILES string of the molecule is CCNC(=O)COc1ccc(/C=C(\C#N)C(=O)Nc2cccc(C(F)(F)F)c2)cc1OC. The summed E-state index contributed by atoms with van der Waals surface area (Å²) >= 11 is 0. The summed E-state index contributed by atoms with van der Waals surface area (Å²) in [6.07, 6.45) is -3.31. The molecule has 0 spiro atoms. The standard InChI is InChI=1S/C22H20F3N3O4/c1-3-27-20(29)13-32-18-8-7-14(10-19(18)31-2)9-15(12-26)21(30)28-17-6-4-5-16(11-17)22(23,24)25/h4-11H,3,13H2,1-2H3,(H,27,29)(H,28,30)/b15-9+. The fourth-order valence-electron chi connectivity index (χ4n) is 2.57. The summed E-state index contributed by atoms with van der Waals surface area (Å²) in [5.41, 5.74) is -0.952. The lowest BCUT2D eigenvalue weighted by atomic mass is 10.1. The average molecular weight is 447 g/mol. The Balaban J connectivity index is 2.19. The second-order valence-electron chi connectivity index (χ2n) is 6.35. The molecule has 2 N–H and O–H groups in total. The Hall–Kier alpha value is -4.00. The van der Waals surface area contributed by atoms with Gasteiger partial charge in [0.25, 0.3) is 11.8 Å². The van der Waals surface area contributed by atoms with Gasteiger partial charge in [0.1, 0.15) is 11.6 Å². The van der Waals surface area contributed by atoms with Crippen molar-refractivity contribution in [1.82, 2.24) is 5.32 Å². The number of halogens is 3. The molecule has 2 aromatic carbocycles. The summed E-state index contributed by atoms with van der Waals surface area (Å²) in [7, 11) is 1.38. The molecule has 0 atom stereocenters. The number of anilines is 1. The number of nitriles is 1. The van der Waals surface area contributed by atoms with Crippen LogP contribution in [0.2, 0.25) is 0 Å². The lowest BCUT2D eigenvalue weighted by Gasteiger charge is -2.11. The Morgan fingerprint density at radius 1 is 1.16 bits per heavy atom. The Labute approximate surface area is 182 Å². The number of ether oxygens (including phenoxy) is 2. The number of hydrogen-bond donors (Lipinski definition) is 2. The van der Waals surface area contributed by atoms with Crippen molar-refractivity contribution in [3.8, 4) is 17.6 Å². The van der Waals surface area contributed by atoms with Gasteiger partial charge in [-0.1, -0.05) is 12.1 Å². The highest BCUT2D eigenvalue weighted by Crippen LogP contribution is 2.31. The predicted molar refractivity (Wildman–Crippen MR) is 111 cm³/mol. The van der Waals surface area contributed by atoms with E-state index in [2.05, 4.69) is 10.6 Å². The number of nitrogens with one attached hydrogen (secondary N) is 2. The number of carbonyl (C=O) groups is 2. The monoisotopic (exact) mass is 447 g/mol. The largest absolute Gasteiger partial charge is 0.493 e. The van der Waals surface area contributed by atoms with Crippen LogP contribution in [0, 0.1) is 11.3 Å². The summed E-state index contributed by atoms with van der Waals surface area (Å²) < 4.78 is 49.1. The van der Waals surface area contributed by atoms with E-state index in [4.69, 9.17) is 9.47 Å². The van der Waals surface area contributed by atoms with Crippen LogP contribution in [0.5, 0.6) is 11.5 Å². The van der Waals surface area contributed by atoms with Gasteiger partial charge in [-0.15, -0.1) is 0 Å². The number of methoxy groups -OCH3 is 1. The maximum absolute atomic E-state index is 12.8. The van der Waals surface area contributed by atoms with Crippen LogP contribution in [0.4, 0.5) is 18.9 Å². The summed E-state index contributed by atoms with van der Waals surface area (Å²) in [6, 6.07) is 10.3. The molecule has 0 saturated carbocycles. The van der Waals surface area contributed by atoms with E-state index in [0.717, 1.165) is 18.2 Å². The molecule has 0 bridgehead atoms. The van der Waals surface area contributed by atoms with Gasteiger partial charge in [-0.3, -0.25) is 9.59 Å². The van der Waals surface area contributed by atoms with Gasteiger partial charge in [-0.05, 0) is 48.9 Å². The minimum Gasteiger partial charge on any atom is -0.493 e. The molecule has 0 aromatic heterocycles. The van der Waals surface area contributed by atoms with E-state index in [-0.39, 0.29) is 35.3 Å². The smallest absolute Gasteiger partial charge is 0.416 e. The fraction of sp³-hybridized carbons (Fsp3) is 0.227. The Morgan fingerprint density at radius 3 is 2.53 bits per heavy atom. The number of nitrogens with zero attached hydrogens (tertiary/aromatic N) is 1. The molecule has 2 amide bonds. The molecule has 168 valence electrons. The van der Waals surface area contributed by atoms with Crippen LogP contribution in [0.25, 0.3) is 6.08 Å². The van der Waals surface area contributed by atoms with Gasteiger partial charge >= 0.3 is 6.18 Å². The first kappa shape index (κ1) is 24.3. The van der Waals surface area contributed by atoms with E-state index in [1.54, 1.807) is 13.0 Å². The zero-order valence-electron chi connectivity index (χ0n) is 17.2. The van der Waals surface area contributed by atoms with Crippen molar-refractivity contribution in [3.05, 3.63) is 59.2 Å². The van der Waals surface area contributed by atoms with Crippen molar-refractivity contribution in [1.29, 1.82) is 5.26 Å². The third-order valence-electron chi connectivity index (χ3n) is 4.04. The van der Waals surface area contributed by atoms with E-state index in [1.165, 1.54) is 37.5 Å². The van der Waals surface area contributed by atoms with Crippen molar-refractivity contribution < 1.29 is 32.2 Å². The lowest BCUT2D eigenvalue weighted by Crippen LogP contribution is -2.28. The van der Waals surface area contributed by atoms with Crippen LogP contribution >= 0.6 is 0 Å². The van der Waals surface area contributed by atoms with Gasteiger partial charge in [0, 0.05) is 12.2 Å². The lowest BCUT2D eigenvalue weighted by molar-refractivity contribution is -0.137. The highest BCUT2D eigenvalue weighted by atomic mass is 19.4. The van der Waals surface area contributed by atoms with Crippen LogP contribution in [-0.2, 0) is 15.8 Å². The molecule has 0 unspecified atom stereocenters. The molecule has 2 rings (SSSR count). The number of amides is 2. The van der Waals surface area contributed by atoms with E-state index in [9.17, 15) is 28.0 Å². The van der Waals surface area contributed by atoms with Crippen molar-refractivity contribution >= 4 is 23.6 Å². The van der Waals surface area contributed by atoms with Gasteiger partial charge in [-0.2, -0.15) is 18.4 Å². The molecule has 0 aliphatic carbocycles. The highest BCUT2D eigenvalue weighted by molar-refractivity contribution is 6.09. The number of carbonyl (C=O) groups excluding carboxylic acids is 2. The molecule has 2 aromatic rings. The number of alkyl halides is 3. The summed E-state index contributed by atoms with van der Waals surface area (Å²) in [5, 5.41) is 14.2. The van der Waals surface area contributed by atoms with Crippen molar-refractivity contribution in [2.75, 3.05) is 25.6 Å². The van der Waals surface area contributed by atoms with Crippen LogP contribution < -0.4 is 20.1 Å². The van der Waals surface area contributed by atoms with Crippen LogP contribution in [0.15, 0.2) is 48.0 Å². The van der Waals surface area contributed by atoms with E-state index < -0.39 is 17.6 Å². The van der Waals surface area contributed by atoms with E-state index >= 15 is 0 Å². The Morgan fingerprint density at radius 2 is 1.91 bits per heavy atom. The quantitative estimate of drug-likeness (QED) is 0.474. The predicted octanol–water partition coefficient (Wildman–Crippen LogP) is 3.77. The number of likely N-dealkylation sites (N-methyl/N-ethyl adjacent to an activating group) is 1. The minimum atomic E-state index is -4.56. The first-order valence-corrected chi connectivity index (χ1v) is 9.35. The van der Waals surface area contributed by atoms with Crippen molar-refractivity contribution in [2.24, 2.45) is 0 Å². The van der Waals surface area contributed by atoms with Crippen molar-refractivity contribution in [3.63, 3.8) is 0 Å². The summed E-state index contributed by atoms with van der Waals surface area (Å²) in [6.45, 7) is 2.01. The molecule has 0 aliphatic heterocycles. The third kappa shape index (κ3) is 6.77. The molecule has 0 radical (unpaired) electrons. The maximum Gasteiger partial charge on any atom is 0.416 e. The molecule has 0 fully saturated rings. The molecule has 0 heterocycles. The van der Waals surface area contributed by atoms with E-state index in [1.807, 2.05) is 0 Å². The van der Waals surface area contributed by atoms with Crippen LogP contribution in [0.1, 0.15) is 18.1 Å². The summed E-state index contributed by atoms with van der Waals surface area (Å²) in [5.74, 6) is -0.639. The zero-order valence-corrected chi connectivity index (χ0v) is 17.2. The highest BCUT2D eigenvalue weighted by Gasteiger charge is 2.30. The Bertz CT molecular complexity index is 1060.